The van der Waals surface area contributed by atoms with Gasteiger partial charge in [-0.3, -0.25) is 4.79 Å². The van der Waals surface area contributed by atoms with Gasteiger partial charge in [0.1, 0.15) is 0 Å². The largest absolute Gasteiger partial charge is 0.311 e. The first-order valence-corrected chi connectivity index (χ1v) is 13.8. The third-order valence-corrected chi connectivity index (χ3v) is 9.24. The summed E-state index contributed by atoms with van der Waals surface area (Å²) in [5, 5.41) is 1.60. The highest BCUT2D eigenvalue weighted by atomic mass is 32.2. The second-order valence-electron chi connectivity index (χ2n) is 8.63. The fourth-order valence-electron chi connectivity index (χ4n) is 4.64. The zero-order valence-electron chi connectivity index (χ0n) is 18.7. The molecular formula is C25H27N3O3S2. The molecule has 5 rings (SSSR count). The lowest BCUT2D eigenvalue weighted by atomic mass is 10.1. The Labute approximate surface area is 199 Å². The molecule has 0 N–H and O–H groups in total. The van der Waals surface area contributed by atoms with E-state index >= 15 is 0 Å². The van der Waals surface area contributed by atoms with Crippen molar-refractivity contribution in [3.63, 3.8) is 0 Å². The fraction of sp³-hybridized carbons (Fsp3) is 0.360. The molecule has 172 valence electrons. The van der Waals surface area contributed by atoms with Gasteiger partial charge in [0.2, 0.25) is 15.9 Å². The van der Waals surface area contributed by atoms with Crippen LogP contribution >= 0.6 is 11.8 Å². The van der Waals surface area contributed by atoms with Gasteiger partial charge in [0, 0.05) is 30.7 Å². The zero-order valence-corrected chi connectivity index (χ0v) is 20.3. The highest BCUT2D eigenvalue weighted by Crippen LogP contribution is 2.31. The molecule has 0 unspecified atom stereocenters. The summed E-state index contributed by atoms with van der Waals surface area (Å²) in [6.45, 7) is 3.85. The van der Waals surface area contributed by atoms with Crippen LogP contribution in [0.25, 0.3) is 10.9 Å². The smallest absolute Gasteiger partial charge is 0.243 e. The molecular weight excluding hydrogens is 454 g/mol. The van der Waals surface area contributed by atoms with Crippen LogP contribution in [0.15, 0.2) is 58.5 Å². The number of sulfonamides is 1. The number of aromatic nitrogens is 1. The van der Waals surface area contributed by atoms with E-state index in [4.69, 9.17) is 4.98 Å². The highest BCUT2D eigenvalue weighted by Gasteiger charge is 2.27. The highest BCUT2D eigenvalue weighted by molar-refractivity contribution is 7.99. The predicted octanol–water partition coefficient (Wildman–Crippen LogP) is 4.40. The minimum Gasteiger partial charge on any atom is -0.311 e. The summed E-state index contributed by atoms with van der Waals surface area (Å²) in [4.78, 5) is 19.7. The maximum Gasteiger partial charge on any atom is 0.243 e. The summed E-state index contributed by atoms with van der Waals surface area (Å²) in [5.41, 5.74) is 3.92. The molecule has 1 saturated heterocycles. The van der Waals surface area contributed by atoms with Gasteiger partial charge in [-0.05, 0) is 67.6 Å². The first-order chi connectivity index (χ1) is 15.9. The number of piperidine rings is 1. The van der Waals surface area contributed by atoms with Crippen LogP contribution in [0.3, 0.4) is 0 Å². The van der Waals surface area contributed by atoms with Crippen molar-refractivity contribution in [2.24, 2.45) is 0 Å². The number of benzene rings is 2. The number of para-hydroxylation sites is 1. The van der Waals surface area contributed by atoms with Gasteiger partial charge < -0.3 is 4.90 Å². The van der Waals surface area contributed by atoms with Gasteiger partial charge in [-0.25, -0.2) is 13.4 Å². The Hall–Kier alpha value is -2.42. The summed E-state index contributed by atoms with van der Waals surface area (Å²) >= 11 is 1.42. The number of anilines is 1. The Morgan fingerprint density at radius 2 is 1.82 bits per heavy atom. The van der Waals surface area contributed by atoms with Crippen LogP contribution in [-0.4, -0.2) is 49.0 Å². The van der Waals surface area contributed by atoms with E-state index in [1.54, 1.807) is 22.5 Å². The van der Waals surface area contributed by atoms with Gasteiger partial charge in [-0.1, -0.05) is 36.4 Å². The average molecular weight is 482 g/mol. The third kappa shape index (κ3) is 4.39. The molecule has 3 heterocycles. The molecule has 2 aliphatic rings. The number of amides is 1. The number of rotatable bonds is 5. The van der Waals surface area contributed by atoms with Gasteiger partial charge in [0.25, 0.3) is 0 Å². The lowest BCUT2D eigenvalue weighted by Gasteiger charge is -2.26. The van der Waals surface area contributed by atoms with Gasteiger partial charge in [-0.2, -0.15) is 4.31 Å². The second kappa shape index (κ2) is 9.08. The van der Waals surface area contributed by atoms with Crippen LogP contribution in [0.1, 0.15) is 30.4 Å². The SMILES string of the molecule is Cc1cc(SCC(=O)N2CCc3ccccc32)nc2ccc(S(=O)(=O)N3CCCCC3)cc12. The number of hydrogen-bond acceptors (Lipinski definition) is 5. The summed E-state index contributed by atoms with van der Waals surface area (Å²) < 4.78 is 27.7. The van der Waals surface area contributed by atoms with E-state index in [1.165, 1.54) is 17.3 Å². The Kier molecular flexibility index (Phi) is 6.16. The molecule has 1 fully saturated rings. The van der Waals surface area contributed by atoms with E-state index in [1.807, 2.05) is 36.1 Å². The maximum atomic E-state index is 13.1. The van der Waals surface area contributed by atoms with Crippen LogP contribution in [0.2, 0.25) is 0 Å². The zero-order chi connectivity index (χ0) is 23.0. The molecule has 1 aromatic heterocycles. The van der Waals surface area contributed by atoms with E-state index in [-0.39, 0.29) is 5.91 Å². The minimum absolute atomic E-state index is 0.0764. The number of fused-ring (bicyclic) bond motifs is 2. The first-order valence-electron chi connectivity index (χ1n) is 11.4. The van der Waals surface area contributed by atoms with Gasteiger partial charge >= 0.3 is 0 Å². The molecule has 0 bridgehead atoms. The van der Waals surface area contributed by atoms with Crippen molar-refractivity contribution >= 4 is 44.3 Å². The molecule has 2 aliphatic heterocycles. The Morgan fingerprint density at radius 1 is 1.03 bits per heavy atom. The van der Waals surface area contributed by atoms with Gasteiger partial charge in [0.05, 0.1) is 21.2 Å². The lowest BCUT2D eigenvalue weighted by Crippen LogP contribution is -2.35. The monoisotopic (exact) mass is 481 g/mol. The van der Waals surface area contributed by atoms with Crippen molar-refractivity contribution in [1.82, 2.24) is 9.29 Å². The molecule has 0 spiro atoms. The maximum absolute atomic E-state index is 13.1. The summed E-state index contributed by atoms with van der Waals surface area (Å²) in [6.07, 6.45) is 3.80. The van der Waals surface area contributed by atoms with E-state index in [0.29, 0.717) is 23.7 Å². The van der Waals surface area contributed by atoms with Crippen molar-refractivity contribution in [2.75, 3.05) is 30.3 Å². The topological polar surface area (TPSA) is 70.6 Å². The van der Waals surface area contributed by atoms with Crippen LogP contribution in [-0.2, 0) is 21.2 Å². The summed E-state index contributed by atoms with van der Waals surface area (Å²) in [5.74, 6) is 0.390. The number of carbonyl (C=O) groups excluding carboxylic acids is 1. The number of aryl methyl sites for hydroxylation is 1. The van der Waals surface area contributed by atoms with Crippen LogP contribution < -0.4 is 4.90 Å². The number of nitrogens with zero attached hydrogens (tertiary/aromatic N) is 3. The van der Waals surface area contributed by atoms with Crippen molar-refractivity contribution < 1.29 is 13.2 Å². The lowest BCUT2D eigenvalue weighted by molar-refractivity contribution is -0.116. The standard InChI is InChI=1S/C25H27N3O3S2/c1-18-15-24(32-17-25(29)28-14-11-19-7-3-4-8-23(19)28)26-22-10-9-20(16-21(18)22)33(30,31)27-12-5-2-6-13-27/h3-4,7-10,15-16H,2,5-6,11-14,17H2,1H3. The molecule has 2 aromatic carbocycles. The molecule has 0 atom stereocenters. The summed E-state index contributed by atoms with van der Waals surface area (Å²) in [7, 11) is -3.49. The number of thioether (sulfide) groups is 1. The van der Waals surface area contributed by atoms with Gasteiger partial charge in [-0.15, -0.1) is 0 Å². The number of carbonyl (C=O) groups is 1. The second-order valence-corrected chi connectivity index (χ2v) is 11.6. The first kappa shape index (κ1) is 22.4. The average Bonchev–Trinajstić information content (AvgIpc) is 3.27. The van der Waals surface area contributed by atoms with Crippen LogP contribution in [0.4, 0.5) is 5.69 Å². The number of pyridine rings is 1. The number of hydrogen-bond donors (Lipinski definition) is 0. The fourth-order valence-corrected chi connectivity index (χ4v) is 7.04. The molecule has 33 heavy (non-hydrogen) atoms. The third-order valence-electron chi connectivity index (χ3n) is 6.45. The van der Waals surface area contributed by atoms with Crippen molar-refractivity contribution in [1.29, 1.82) is 0 Å². The van der Waals surface area contributed by atoms with E-state index in [0.717, 1.165) is 59.4 Å². The minimum atomic E-state index is -3.49. The Balaban J connectivity index is 1.33. The van der Waals surface area contributed by atoms with Crippen LogP contribution in [0, 0.1) is 6.92 Å². The van der Waals surface area contributed by atoms with E-state index in [9.17, 15) is 13.2 Å². The summed E-state index contributed by atoms with van der Waals surface area (Å²) in [6, 6.07) is 15.2. The molecule has 6 nitrogen and oxygen atoms in total. The van der Waals surface area contributed by atoms with E-state index in [2.05, 4.69) is 6.07 Å². The van der Waals surface area contributed by atoms with Crippen LogP contribution in [0.5, 0.6) is 0 Å². The van der Waals surface area contributed by atoms with Crippen molar-refractivity contribution in [3.8, 4) is 0 Å². The molecule has 0 aliphatic carbocycles. The molecule has 1 amide bonds. The molecule has 3 aromatic rings. The molecule has 0 saturated carbocycles. The normalized spacial score (nSPS) is 16.8. The van der Waals surface area contributed by atoms with Gasteiger partial charge in [0.15, 0.2) is 0 Å². The van der Waals surface area contributed by atoms with E-state index < -0.39 is 10.0 Å². The Morgan fingerprint density at radius 3 is 2.64 bits per heavy atom. The molecule has 0 radical (unpaired) electrons. The molecule has 8 heteroatoms. The van der Waals surface area contributed by atoms with Crippen molar-refractivity contribution in [2.45, 2.75) is 42.5 Å². The quantitative estimate of drug-likeness (QED) is 0.505. The predicted molar refractivity (Wildman–Crippen MR) is 132 cm³/mol. The Bertz CT molecular complexity index is 1320. The van der Waals surface area contributed by atoms with Crippen molar-refractivity contribution in [3.05, 3.63) is 59.7 Å².